The van der Waals surface area contributed by atoms with Crippen molar-refractivity contribution in [3.8, 4) is 0 Å². The normalized spacial score (nSPS) is 17.4. The fourth-order valence-electron chi connectivity index (χ4n) is 2.92. The van der Waals surface area contributed by atoms with E-state index in [1.807, 2.05) is 33.8 Å². The number of carbonyl (C=O) groups is 1. The minimum atomic E-state index is -0.450. The van der Waals surface area contributed by atoms with E-state index in [4.69, 9.17) is 4.74 Å². The van der Waals surface area contributed by atoms with Gasteiger partial charge in [0.1, 0.15) is 17.5 Å². The first kappa shape index (κ1) is 26.3. The number of esters is 1. The van der Waals surface area contributed by atoms with Gasteiger partial charge < -0.3 is 20.3 Å². The molecular weight excluding hydrogens is 397 g/mol. The standard InChI is InChI=1S/C23H36FN5O2/c1-6-25-12-10-13-26-17-20(24)15-18(4)19(5)29(7-2)22-11-9-14-27-21(28-22)16-23(30)31-8-3/h9,13-17,19,25,27H,6-8,10-12H2,1-5H3/b18-15+,20-17+,21-16-,26-13+/t19-/m1/s1. The molecule has 2 N–H and O–H groups in total. The van der Waals surface area contributed by atoms with Crippen molar-refractivity contribution in [3.05, 3.63) is 47.8 Å². The maximum atomic E-state index is 14.3. The number of hydrogen-bond donors (Lipinski definition) is 2. The molecule has 0 aromatic heterocycles. The Morgan fingerprint density at radius 1 is 1.45 bits per heavy atom. The fourth-order valence-corrected chi connectivity index (χ4v) is 2.92. The molecule has 0 unspecified atom stereocenters. The van der Waals surface area contributed by atoms with E-state index in [0.29, 0.717) is 25.4 Å². The van der Waals surface area contributed by atoms with Crippen LogP contribution in [0.15, 0.2) is 57.8 Å². The number of halogens is 1. The second-order valence-corrected chi connectivity index (χ2v) is 6.90. The molecule has 0 amide bonds. The Bertz CT molecular complexity index is 753. The third-order valence-electron chi connectivity index (χ3n) is 4.61. The molecule has 1 aliphatic rings. The predicted molar refractivity (Wildman–Crippen MR) is 125 cm³/mol. The van der Waals surface area contributed by atoms with Gasteiger partial charge in [-0.2, -0.15) is 0 Å². The van der Waals surface area contributed by atoms with Gasteiger partial charge in [-0.15, -0.1) is 0 Å². The lowest BCUT2D eigenvalue weighted by Gasteiger charge is -2.31. The largest absolute Gasteiger partial charge is 0.463 e. The van der Waals surface area contributed by atoms with Crippen LogP contribution >= 0.6 is 0 Å². The summed E-state index contributed by atoms with van der Waals surface area (Å²) in [5, 5.41) is 6.17. The SMILES string of the molecule is CCNCC/C=N/C=C(F)\C=C(/C)[C@@H](C)N(CC)C1=N/C(=C\C(=O)OCC)NC=CC1. The summed E-state index contributed by atoms with van der Waals surface area (Å²) in [6, 6.07) is -0.0871. The molecule has 0 saturated heterocycles. The van der Waals surface area contributed by atoms with Gasteiger partial charge in [-0.3, -0.25) is 4.99 Å². The number of nitrogens with one attached hydrogen (secondary N) is 2. The molecule has 0 saturated carbocycles. The zero-order valence-corrected chi connectivity index (χ0v) is 19.3. The van der Waals surface area contributed by atoms with E-state index in [1.54, 1.807) is 19.3 Å². The summed E-state index contributed by atoms with van der Waals surface area (Å²) >= 11 is 0. The molecular formula is C23H36FN5O2. The average Bonchev–Trinajstić information content (AvgIpc) is 2.96. The Labute approximate surface area is 185 Å². The molecule has 0 aliphatic carbocycles. The molecule has 1 rings (SSSR count). The number of likely N-dealkylation sites (N-methyl/N-ethyl adjacent to an activating group) is 1. The summed E-state index contributed by atoms with van der Waals surface area (Å²) in [5.74, 6) is 0.346. The van der Waals surface area contributed by atoms with Crippen LogP contribution in [-0.4, -0.2) is 55.2 Å². The molecule has 1 atom stereocenters. The van der Waals surface area contributed by atoms with Crippen LogP contribution in [0.1, 0.15) is 47.5 Å². The molecule has 31 heavy (non-hydrogen) atoms. The predicted octanol–water partition coefficient (Wildman–Crippen LogP) is 3.83. The van der Waals surface area contributed by atoms with Crippen LogP contribution < -0.4 is 10.6 Å². The zero-order chi connectivity index (χ0) is 23.1. The van der Waals surface area contributed by atoms with Crippen LogP contribution in [-0.2, 0) is 9.53 Å². The summed E-state index contributed by atoms with van der Waals surface area (Å²) < 4.78 is 19.2. The van der Waals surface area contributed by atoms with Crippen LogP contribution in [0.25, 0.3) is 0 Å². The highest BCUT2D eigenvalue weighted by molar-refractivity contribution is 5.87. The maximum Gasteiger partial charge on any atom is 0.334 e. The number of aliphatic imine (C=N–C) groups is 2. The van der Waals surface area contributed by atoms with E-state index in [1.165, 1.54) is 18.4 Å². The van der Waals surface area contributed by atoms with Gasteiger partial charge in [-0.25, -0.2) is 14.2 Å². The quantitative estimate of drug-likeness (QED) is 0.170. The van der Waals surface area contributed by atoms with Crippen LogP contribution in [0, 0.1) is 0 Å². The molecule has 0 aromatic rings. The maximum absolute atomic E-state index is 14.3. The number of carbonyl (C=O) groups excluding carboxylic acids is 1. The van der Waals surface area contributed by atoms with Gasteiger partial charge in [-0.1, -0.05) is 13.0 Å². The fraction of sp³-hybridized carbons (Fsp3) is 0.522. The second kappa shape index (κ2) is 15.1. The zero-order valence-electron chi connectivity index (χ0n) is 19.3. The van der Waals surface area contributed by atoms with Crippen molar-refractivity contribution >= 4 is 18.0 Å². The molecule has 0 fully saturated rings. The van der Waals surface area contributed by atoms with E-state index < -0.39 is 11.8 Å². The van der Waals surface area contributed by atoms with Crippen molar-refractivity contribution in [1.29, 1.82) is 0 Å². The molecule has 0 aromatic carbocycles. The van der Waals surface area contributed by atoms with Crippen LogP contribution in [0.5, 0.6) is 0 Å². The number of rotatable bonds is 11. The molecule has 7 nitrogen and oxygen atoms in total. The number of hydrogen-bond acceptors (Lipinski definition) is 7. The van der Waals surface area contributed by atoms with E-state index in [-0.39, 0.29) is 6.04 Å². The van der Waals surface area contributed by atoms with Crippen molar-refractivity contribution in [2.24, 2.45) is 9.98 Å². The van der Waals surface area contributed by atoms with Crippen molar-refractivity contribution in [2.45, 2.75) is 53.5 Å². The number of ether oxygens (including phenoxy) is 1. The number of allylic oxidation sites excluding steroid dienone is 2. The summed E-state index contributed by atoms with van der Waals surface area (Å²) in [6.45, 7) is 12.4. The van der Waals surface area contributed by atoms with Gasteiger partial charge in [0, 0.05) is 31.8 Å². The van der Waals surface area contributed by atoms with Crippen LogP contribution in [0.2, 0.25) is 0 Å². The Balaban J connectivity index is 2.93. The monoisotopic (exact) mass is 433 g/mol. The van der Waals surface area contributed by atoms with Gasteiger partial charge in [0.15, 0.2) is 0 Å². The Morgan fingerprint density at radius 3 is 2.90 bits per heavy atom. The minimum absolute atomic E-state index is 0.0871. The van der Waals surface area contributed by atoms with E-state index in [0.717, 1.165) is 30.9 Å². The first-order valence-electron chi connectivity index (χ1n) is 10.8. The lowest BCUT2D eigenvalue weighted by molar-refractivity contribution is -0.137. The summed E-state index contributed by atoms with van der Waals surface area (Å²) in [5.41, 5.74) is 0.846. The third kappa shape index (κ3) is 10.2. The van der Waals surface area contributed by atoms with E-state index in [2.05, 4.69) is 25.5 Å². The topological polar surface area (TPSA) is 78.3 Å². The van der Waals surface area contributed by atoms with Crippen molar-refractivity contribution in [1.82, 2.24) is 15.5 Å². The van der Waals surface area contributed by atoms with E-state index in [9.17, 15) is 9.18 Å². The third-order valence-corrected chi connectivity index (χ3v) is 4.61. The molecule has 0 bridgehead atoms. The van der Waals surface area contributed by atoms with Crippen molar-refractivity contribution < 1.29 is 13.9 Å². The summed E-state index contributed by atoms with van der Waals surface area (Å²) in [6.07, 6.45) is 10.8. The van der Waals surface area contributed by atoms with Crippen molar-refractivity contribution in [3.63, 3.8) is 0 Å². The Kier molecular flexibility index (Phi) is 12.8. The minimum Gasteiger partial charge on any atom is -0.463 e. The van der Waals surface area contributed by atoms with Gasteiger partial charge >= 0.3 is 5.97 Å². The molecule has 0 radical (unpaired) electrons. The van der Waals surface area contributed by atoms with Gasteiger partial charge in [0.05, 0.1) is 18.9 Å². The Morgan fingerprint density at radius 2 is 2.23 bits per heavy atom. The summed E-state index contributed by atoms with van der Waals surface area (Å²) in [7, 11) is 0. The van der Waals surface area contributed by atoms with Crippen LogP contribution in [0.3, 0.4) is 0 Å². The Hall–Kier alpha value is -2.74. The highest BCUT2D eigenvalue weighted by atomic mass is 19.1. The molecule has 172 valence electrons. The smallest absolute Gasteiger partial charge is 0.334 e. The average molecular weight is 434 g/mol. The van der Waals surface area contributed by atoms with Crippen molar-refractivity contribution in [2.75, 3.05) is 26.2 Å². The van der Waals surface area contributed by atoms with E-state index >= 15 is 0 Å². The first-order valence-corrected chi connectivity index (χ1v) is 10.8. The second-order valence-electron chi connectivity index (χ2n) is 6.90. The lowest BCUT2D eigenvalue weighted by Crippen LogP contribution is -2.39. The molecule has 0 spiro atoms. The van der Waals surface area contributed by atoms with Gasteiger partial charge in [-0.05, 0) is 58.5 Å². The first-order chi connectivity index (χ1) is 14.9. The highest BCUT2D eigenvalue weighted by Crippen LogP contribution is 2.17. The number of amidine groups is 1. The molecule has 1 aliphatic heterocycles. The number of nitrogens with zero attached hydrogens (tertiary/aromatic N) is 3. The van der Waals surface area contributed by atoms with Gasteiger partial charge in [0.25, 0.3) is 0 Å². The molecule has 8 heteroatoms. The highest BCUT2D eigenvalue weighted by Gasteiger charge is 2.19. The van der Waals surface area contributed by atoms with Gasteiger partial charge in [0.2, 0.25) is 0 Å². The summed E-state index contributed by atoms with van der Waals surface area (Å²) in [4.78, 5) is 22.5. The lowest BCUT2D eigenvalue weighted by atomic mass is 10.1. The van der Waals surface area contributed by atoms with Crippen LogP contribution in [0.4, 0.5) is 4.39 Å². The molecule has 1 heterocycles.